The predicted octanol–water partition coefficient (Wildman–Crippen LogP) is 5.26. The number of carbonyl (C=O) groups excluding carboxylic acids is 1. The van der Waals surface area contributed by atoms with Crippen LogP contribution in [0.25, 0.3) is 0 Å². The fourth-order valence-electron chi connectivity index (χ4n) is 4.14. The molecule has 1 heterocycles. The highest BCUT2D eigenvalue weighted by molar-refractivity contribution is 6.30. The quantitative estimate of drug-likeness (QED) is 0.591. The lowest BCUT2D eigenvalue weighted by Crippen LogP contribution is -2.31. The van der Waals surface area contributed by atoms with E-state index in [1.807, 2.05) is 24.3 Å². The summed E-state index contributed by atoms with van der Waals surface area (Å²) >= 11 is 6.06. The molecule has 4 heteroatoms. The van der Waals surface area contributed by atoms with Crippen LogP contribution >= 0.6 is 11.6 Å². The number of allylic oxidation sites excluding steroid dienone is 2. The monoisotopic (exact) mass is 353 g/mol. The molecule has 3 nitrogen and oxygen atoms in total. The average molecular weight is 354 g/mol. The number of rotatable bonds is 2. The van der Waals surface area contributed by atoms with Gasteiger partial charge in [-0.2, -0.15) is 0 Å². The van der Waals surface area contributed by atoms with Crippen LogP contribution in [0.2, 0.25) is 5.02 Å². The molecule has 0 aromatic heterocycles. The van der Waals surface area contributed by atoms with Gasteiger partial charge in [-0.15, -0.1) is 0 Å². The van der Waals surface area contributed by atoms with Gasteiger partial charge in [0.2, 0.25) is 0 Å². The van der Waals surface area contributed by atoms with Crippen molar-refractivity contribution in [2.75, 3.05) is 12.4 Å². The summed E-state index contributed by atoms with van der Waals surface area (Å²) in [4.78, 5) is 12.3. The minimum Gasteiger partial charge on any atom is -0.465 e. The molecule has 0 bridgehead atoms. The van der Waals surface area contributed by atoms with Crippen molar-refractivity contribution in [1.82, 2.24) is 0 Å². The number of halogens is 1. The number of anilines is 1. The molecule has 0 fully saturated rings. The summed E-state index contributed by atoms with van der Waals surface area (Å²) in [6.45, 7) is 2.07. The topological polar surface area (TPSA) is 38.3 Å². The first-order chi connectivity index (χ1) is 12.1. The summed E-state index contributed by atoms with van der Waals surface area (Å²) < 4.78 is 5.01. The second-order valence-corrected chi connectivity index (χ2v) is 7.17. The highest BCUT2D eigenvalue weighted by atomic mass is 35.5. The Morgan fingerprint density at radius 3 is 2.68 bits per heavy atom. The van der Waals surface area contributed by atoms with E-state index in [2.05, 4.69) is 36.5 Å². The Bertz CT molecular complexity index is 857. The molecule has 0 unspecified atom stereocenters. The number of benzene rings is 2. The number of hydrogen-bond acceptors (Lipinski definition) is 3. The Labute approximate surface area is 152 Å². The maximum atomic E-state index is 12.3. The Kier molecular flexibility index (Phi) is 4.04. The van der Waals surface area contributed by atoms with E-state index in [1.54, 1.807) is 0 Å². The Hall–Kier alpha value is -2.26. The Morgan fingerprint density at radius 1 is 1.20 bits per heavy atom. The van der Waals surface area contributed by atoms with Crippen LogP contribution in [-0.2, 0) is 4.74 Å². The zero-order chi connectivity index (χ0) is 17.6. The van der Waals surface area contributed by atoms with Crippen molar-refractivity contribution in [3.05, 3.63) is 75.8 Å². The van der Waals surface area contributed by atoms with Crippen LogP contribution in [0, 0.1) is 12.8 Å². The second kappa shape index (κ2) is 6.23. The van der Waals surface area contributed by atoms with E-state index in [0.717, 1.165) is 28.3 Å². The van der Waals surface area contributed by atoms with E-state index < -0.39 is 0 Å². The molecule has 0 saturated carbocycles. The third kappa shape index (κ3) is 2.63. The molecule has 2 aromatic rings. The third-order valence-electron chi connectivity index (χ3n) is 5.36. The van der Waals surface area contributed by atoms with Crippen LogP contribution in [0.5, 0.6) is 0 Å². The first-order valence-electron chi connectivity index (χ1n) is 8.50. The number of ether oxygens (including phenoxy) is 1. The number of aryl methyl sites for hydroxylation is 1. The molecular weight excluding hydrogens is 334 g/mol. The maximum Gasteiger partial charge on any atom is 0.338 e. The largest absolute Gasteiger partial charge is 0.465 e. The first kappa shape index (κ1) is 16.2. The van der Waals surface area contributed by atoms with Crippen molar-refractivity contribution < 1.29 is 9.53 Å². The molecule has 1 aliphatic heterocycles. The Morgan fingerprint density at radius 2 is 1.96 bits per heavy atom. The second-order valence-electron chi connectivity index (χ2n) is 6.74. The van der Waals surface area contributed by atoms with Gasteiger partial charge in [0.05, 0.1) is 18.7 Å². The van der Waals surface area contributed by atoms with E-state index in [9.17, 15) is 4.79 Å². The molecule has 0 radical (unpaired) electrons. The van der Waals surface area contributed by atoms with E-state index >= 15 is 0 Å². The predicted molar refractivity (Wildman–Crippen MR) is 100 cm³/mol. The van der Waals surface area contributed by atoms with Crippen LogP contribution in [0.15, 0.2) is 48.6 Å². The van der Waals surface area contributed by atoms with E-state index in [-0.39, 0.29) is 17.9 Å². The fourth-order valence-corrected chi connectivity index (χ4v) is 4.27. The number of fused-ring (bicyclic) bond motifs is 3. The van der Waals surface area contributed by atoms with Crippen molar-refractivity contribution in [2.45, 2.75) is 25.3 Å². The fraction of sp³-hybridized carbons (Fsp3) is 0.286. The van der Waals surface area contributed by atoms with Crippen LogP contribution in [0.1, 0.15) is 45.4 Å². The highest BCUT2D eigenvalue weighted by Crippen LogP contribution is 2.51. The number of nitrogens with one attached hydrogen (secondary N) is 1. The standard InChI is InChI=1S/C21H20ClNO2/c1-12-6-11-17(21(24)25-2)18-15-4-3-5-16(15)20(23-19(12)18)13-7-9-14(22)10-8-13/h3-4,6-11,15-16,20,23H,5H2,1-2H3/t15-,16-,20-/m0/s1. The van der Waals surface area contributed by atoms with Gasteiger partial charge in [0.1, 0.15) is 0 Å². The molecule has 1 aliphatic carbocycles. The van der Waals surface area contributed by atoms with E-state index in [0.29, 0.717) is 11.5 Å². The summed E-state index contributed by atoms with van der Waals surface area (Å²) in [7, 11) is 1.43. The summed E-state index contributed by atoms with van der Waals surface area (Å²) in [5, 5.41) is 4.44. The van der Waals surface area contributed by atoms with Crippen LogP contribution in [0.4, 0.5) is 5.69 Å². The first-order valence-corrected chi connectivity index (χ1v) is 8.88. The zero-order valence-corrected chi connectivity index (χ0v) is 15.0. The molecule has 0 saturated heterocycles. The van der Waals surface area contributed by atoms with Crippen molar-refractivity contribution in [3.8, 4) is 0 Å². The molecule has 0 spiro atoms. The summed E-state index contributed by atoms with van der Waals surface area (Å²) in [5.41, 5.74) is 5.13. The molecule has 128 valence electrons. The van der Waals surface area contributed by atoms with Crippen molar-refractivity contribution in [1.29, 1.82) is 0 Å². The lowest BCUT2D eigenvalue weighted by atomic mass is 9.75. The summed E-state index contributed by atoms with van der Waals surface area (Å²) in [6, 6.07) is 12.1. The van der Waals surface area contributed by atoms with Gasteiger partial charge in [-0.3, -0.25) is 0 Å². The van der Waals surface area contributed by atoms with Crippen molar-refractivity contribution in [2.24, 2.45) is 5.92 Å². The average Bonchev–Trinajstić information content (AvgIpc) is 3.11. The molecule has 3 atom stereocenters. The Balaban J connectivity index is 1.85. The molecule has 1 N–H and O–H groups in total. The molecule has 4 rings (SSSR count). The van der Waals surface area contributed by atoms with Gasteiger partial charge in [-0.25, -0.2) is 4.79 Å². The van der Waals surface area contributed by atoms with E-state index in [4.69, 9.17) is 16.3 Å². The van der Waals surface area contributed by atoms with Gasteiger partial charge < -0.3 is 10.1 Å². The van der Waals surface area contributed by atoms with Gasteiger partial charge >= 0.3 is 5.97 Å². The number of esters is 1. The minimum atomic E-state index is -0.276. The minimum absolute atomic E-state index is 0.191. The zero-order valence-electron chi connectivity index (χ0n) is 14.3. The smallest absolute Gasteiger partial charge is 0.338 e. The third-order valence-corrected chi connectivity index (χ3v) is 5.61. The van der Waals surface area contributed by atoms with Gasteiger partial charge in [0, 0.05) is 16.6 Å². The van der Waals surface area contributed by atoms with Crippen LogP contribution in [-0.4, -0.2) is 13.1 Å². The summed E-state index contributed by atoms with van der Waals surface area (Å²) in [5.74, 6) is 0.312. The van der Waals surface area contributed by atoms with Gasteiger partial charge in [0.15, 0.2) is 0 Å². The lowest BCUT2D eigenvalue weighted by molar-refractivity contribution is 0.0598. The van der Waals surface area contributed by atoms with Crippen LogP contribution in [0.3, 0.4) is 0 Å². The number of methoxy groups -OCH3 is 1. The SMILES string of the molecule is COC(=O)c1ccc(C)c2c1[C@H]1C=CC[C@@H]1[C@H](c1ccc(Cl)cc1)N2. The summed E-state index contributed by atoms with van der Waals surface area (Å²) in [6.07, 6.45) is 5.44. The number of hydrogen-bond donors (Lipinski definition) is 1. The molecular formula is C21H20ClNO2. The maximum absolute atomic E-state index is 12.3. The molecule has 0 amide bonds. The lowest BCUT2D eigenvalue weighted by Gasteiger charge is -2.39. The van der Waals surface area contributed by atoms with Gasteiger partial charge in [-0.1, -0.05) is 42.0 Å². The van der Waals surface area contributed by atoms with Crippen molar-refractivity contribution >= 4 is 23.3 Å². The van der Waals surface area contributed by atoms with Gasteiger partial charge in [-0.05, 0) is 54.2 Å². The molecule has 2 aliphatic rings. The van der Waals surface area contributed by atoms with E-state index in [1.165, 1.54) is 12.7 Å². The normalized spacial score (nSPS) is 23.6. The molecule has 25 heavy (non-hydrogen) atoms. The number of carbonyl (C=O) groups is 1. The van der Waals surface area contributed by atoms with Crippen molar-refractivity contribution in [3.63, 3.8) is 0 Å². The van der Waals surface area contributed by atoms with Crippen LogP contribution < -0.4 is 5.32 Å². The molecule has 2 aromatic carbocycles. The highest BCUT2D eigenvalue weighted by Gasteiger charge is 2.40. The van der Waals surface area contributed by atoms with Gasteiger partial charge in [0.25, 0.3) is 0 Å².